The van der Waals surface area contributed by atoms with Gasteiger partial charge in [0.2, 0.25) is 0 Å². The largest absolute Gasteiger partial charge is 0.461 e. The summed E-state index contributed by atoms with van der Waals surface area (Å²) in [5, 5.41) is 5.49. The van der Waals surface area contributed by atoms with Crippen LogP contribution in [0.25, 0.3) is 21.5 Å². The van der Waals surface area contributed by atoms with Gasteiger partial charge in [0.05, 0.1) is 0 Å². The number of carbonyl (C=O) groups is 1. The van der Waals surface area contributed by atoms with Gasteiger partial charge in [0.1, 0.15) is 6.61 Å². The molecule has 0 saturated heterocycles. The Bertz CT molecular complexity index is 767. The number of carbonyl (C=O) groups excluding carboxylic acids is 1. The lowest BCUT2D eigenvalue weighted by Crippen LogP contribution is -2.01. The minimum absolute atomic E-state index is 0.257. The summed E-state index contributed by atoms with van der Waals surface area (Å²) in [4.78, 5) is 11.2. The van der Waals surface area contributed by atoms with Crippen molar-refractivity contribution in [1.82, 2.24) is 0 Å². The van der Waals surface area contributed by atoms with Gasteiger partial charge in [-0.2, -0.15) is 0 Å². The first-order valence-corrected chi connectivity index (χ1v) is 7.95. The van der Waals surface area contributed by atoms with Crippen molar-refractivity contribution in [3.63, 3.8) is 0 Å². The summed E-state index contributed by atoms with van der Waals surface area (Å²) in [5.41, 5.74) is 2.34. The number of hydrogen-bond acceptors (Lipinski definition) is 2. The van der Waals surface area contributed by atoms with Crippen LogP contribution in [0.4, 0.5) is 0 Å². The van der Waals surface area contributed by atoms with Gasteiger partial charge in [-0.1, -0.05) is 64.5 Å². The predicted octanol–water partition coefficient (Wildman–Crippen LogP) is 4.95. The summed E-state index contributed by atoms with van der Waals surface area (Å²) < 4.78 is 5.27. The zero-order chi connectivity index (χ0) is 14.8. The third-order valence-electron chi connectivity index (χ3n) is 3.71. The fraction of sp³-hybridized carbons (Fsp3) is 0.167. The second kappa shape index (κ2) is 5.86. The molecular weight excluding hydrogens is 328 g/mol. The quantitative estimate of drug-likeness (QED) is 0.382. The minimum atomic E-state index is -0.257. The van der Waals surface area contributed by atoms with E-state index in [1.807, 2.05) is 24.3 Å². The predicted molar refractivity (Wildman–Crippen MR) is 89.6 cm³/mol. The molecule has 3 aromatic carbocycles. The summed E-state index contributed by atoms with van der Waals surface area (Å²) in [6, 6.07) is 16.5. The summed E-state index contributed by atoms with van der Waals surface area (Å²) in [6.07, 6.45) is 0. The highest BCUT2D eigenvalue weighted by atomic mass is 79.9. The van der Waals surface area contributed by atoms with Crippen molar-refractivity contribution in [3.05, 3.63) is 59.7 Å². The van der Waals surface area contributed by atoms with Gasteiger partial charge in [0, 0.05) is 17.8 Å². The number of benzene rings is 3. The first-order chi connectivity index (χ1) is 10.2. The van der Waals surface area contributed by atoms with Crippen molar-refractivity contribution in [3.8, 4) is 0 Å². The average molecular weight is 343 g/mol. The van der Waals surface area contributed by atoms with Gasteiger partial charge < -0.3 is 4.74 Å². The molecule has 106 valence electrons. The second-order valence-electron chi connectivity index (χ2n) is 4.96. The molecule has 0 radical (unpaired) electrons. The van der Waals surface area contributed by atoms with E-state index in [1.54, 1.807) is 0 Å². The van der Waals surface area contributed by atoms with E-state index in [0.717, 1.165) is 21.7 Å². The number of ether oxygens (including phenoxy) is 1. The summed E-state index contributed by atoms with van der Waals surface area (Å²) in [6.45, 7) is 1.75. The molecule has 0 atom stereocenters. The third kappa shape index (κ3) is 2.54. The van der Waals surface area contributed by atoms with Crippen molar-refractivity contribution in [2.45, 2.75) is 18.9 Å². The molecule has 21 heavy (non-hydrogen) atoms. The van der Waals surface area contributed by atoms with Gasteiger partial charge in [-0.25, -0.2) is 0 Å². The maximum Gasteiger partial charge on any atom is 0.302 e. The molecule has 0 amide bonds. The van der Waals surface area contributed by atoms with Gasteiger partial charge in [-0.3, -0.25) is 4.79 Å². The van der Waals surface area contributed by atoms with E-state index in [9.17, 15) is 4.79 Å². The highest BCUT2D eigenvalue weighted by Crippen LogP contribution is 2.34. The van der Waals surface area contributed by atoms with E-state index >= 15 is 0 Å². The number of fused-ring (bicyclic) bond motifs is 2. The average Bonchev–Trinajstić information content (AvgIpc) is 2.51. The zero-order valence-corrected chi connectivity index (χ0v) is 13.3. The van der Waals surface area contributed by atoms with Crippen molar-refractivity contribution < 1.29 is 9.53 Å². The molecule has 0 aliphatic heterocycles. The molecule has 0 saturated carbocycles. The van der Waals surface area contributed by atoms with E-state index in [-0.39, 0.29) is 5.97 Å². The van der Waals surface area contributed by atoms with Crippen LogP contribution in [0.3, 0.4) is 0 Å². The fourth-order valence-electron chi connectivity index (χ4n) is 2.78. The third-order valence-corrected chi connectivity index (χ3v) is 4.27. The van der Waals surface area contributed by atoms with Crippen LogP contribution in [-0.2, 0) is 21.5 Å². The molecule has 0 bridgehead atoms. The molecule has 0 aliphatic carbocycles. The Hall–Kier alpha value is -1.87. The SMILES string of the molecule is CC(=O)OCc1c2ccccc2c(CBr)c2ccccc12. The minimum Gasteiger partial charge on any atom is -0.461 e. The standard InChI is InChI=1S/C18H15BrO2/c1-12(20)21-11-18-15-8-4-2-6-13(15)17(10-19)14-7-3-5-9-16(14)18/h2-9H,10-11H2,1H3. The van der Waals surface area contributed by atoms with Crippen LogP contribution < -0.4 is 0 Å². The molecule has 3 rings (SSSR count). The lowest BCUT2D eigenvalue weighted by molar-refractivity contribution is -0.142. The molecule has 3 heteroatoms. The highest BCUT2D eigenvalue weighted by Gasteiger charge is 2.13. The first-order valence-electron chi connectivity index (χ1n) is 6.83. The highest BCUT2D eigenvalue weighted by molar-refractivity contribution is 9.08. The Morgan fingerprint density at radius 3 is 1.71 bits per heavy atom. The van der Waals surface area contributed by atoms with Gasteiger partial charge in [-0.05, 0) is 27.1 Å². The second-order valence-corrected chi connectivity index (χ2v) is 5.52. The van der Waals surface area contributed by atoms with Crippen molar-refractivity contribution in [1.29, 1.82) is 0 Å². The van der Waals surface area contributed by atoms with E-state index < -0.39 is 0 Å². The Morgan fingerprint density at radius 2 is 1.33 bits per heavy atom. The van der Waals surface area contributed by atoms with Crippen LogP contribution in [0.1, 0.15) is 18.1 Å². The van der Waals surface area contributed by atoms with E-state index in [2.05, 4.69) is 40.2 Å². The summed E-state index contributed by atoms with van der Waals surface area (Å²) in [5.74, 6) is -0.257. The first kappa shape index (κ1) is 14.1. The maximum atomic E-state index is 11.2. The number of alkyl halides is 1. The van der Waals surface area contributed by atoms with Gasteiger partial charge in [0.25, 0.3) is 0 Å². The lowest BCUT2D eigenvalue weighted by atomic mass is 9.93. The van der Waals surface area contributed by atoms with Crippen molar-refractivity contribution >= 4 is 43.4 Å². The molecule has 3 aromatic rings. The molecule has 0 heterocycles. The van der Waals surface area contributed by atoms with E-state index in [1.165, 1.54) is 23.3 Å². The zero-order valence-electron chi connectivity index (χ0n) is 11.7. The van der Waals surface area contributed by atoms with Crippen LogP contribution in [-0.4, -0.2) is 5.97 Å². The Labute approximate surface area is 131 Å². The fourth-order valence-corrected chi connectivity index (χ4v) is 3.39. The molecule has 0 N–H and O–H groups in total. The Balaban J connectivity index is 2.38. The molecule has 0 unspecified atom stereocenters. The van der Waals surface area contributed by atoms with Crippen LogP contribution in [0.5, 0.6) is 0 Å². The van der Waals surface area contributed by atoms with Crippen LogP contribution in [0.15, 0.2) is 48.5 Å². The van der Waals surface area contributed by atoms with E-state index in [4.69, 9.17) is 4.74 Å². The van der Waals surface area contributed by atoms with Crippen LogP contribution >= 0.6 is 15.9 Å². The van der Waals surface area contributed by atoms with Crippen LogP contribution in [0.2, 0.25) is 0 Å². The molecule has 2 nitrogen and oxygen atoms in total. The van der Waals surface area contributed by atoms with Crippen LogP contribution in [0, 0.1) is 0 Å². The van der Waals surface area contributed by atoms with Crippen molar-refractivity contribution in [2.24, 2.45) is 0 Å². The topological polar surface area (TPSA) is 26.3 Å². The smallest absolute Gasteiger partial charge is 0.302 e. The monoisotopic (exact) mass is 342 g/mol. The Kier molecular flexibility index (Phi) is 3.93. The summed E-state index contributed by atoms with van der Waals surface area (Å²) in [7, 11) is 0. The molecular formula is C18H15BrO2. The normalized spacial score (nSPS) is 11.0. The molecule has 0 fully saturated rings. The van der Waals surface area contributed by atoms with Gasteiger partial charge >= 0.3 is 5.97 Å². The molecule has 0 spiro atoms. The van der Waals surface area contributed by atoms with E-state index in [0.29, 0.717) is 6.61 Å². The number of halogens is 1. The van der Waals surface area contributed by atoms with Crippen molar-refractivity contribution in [2.75, 3.05) is 0 Å². The Morgan fingerprint density at radius 1 is 0.905 bits per heavy atom. The maximum absolute atomic E-state index is 11.2. The molecule has 0 aliphatic rings. The lowest BCUT2D eigenvalue weighted by Gasteiger charge is -2.15. The number of esters is 1. The van der Waals surface area contributed by atoms with Gasteiger partial charge in [-0.15, -0.1) is 0 Å². The molecule has 0 aromatic heterocycles. The van der Waals surface area contributed by atoms with Gasteiger partial charge in [0.15, 0.2) is 0 Å². The summed E-state index contributed by atoms with van der Waals surface area (Å²) >= 11 is 3.60. The number of hydrogen-bond donors (Lipinski definition) is 0. The number of rotatable bonds is 3.